The van der Waals surface area contributed by atoms with Gasteiger partial charge in [0.15, 0.2) is 0 Å². The van der Waals surface area contributed by atoms with E-state index in [1.807, 2.05) is 6.92 Å². The summed E-state index contributed by atoms with van der Waals surface area (Å²) < 4.78 is 4.51. The Morgan fingerprint density at radius 1 is 1.53 bits per heavy atom. The van der Waals surface area contributed by atoms with E-state index in [0.717, 1.165) is 11.3 Å². The molecule has 1 aromatic rings. The molecule has 4 nitrogen and oxygen atoms in total. The molecule has 0 bridgehead atoms. The molecule has 0 spiro atoms. The Bertz CT molecular complexity index is 384. The molecule has 0 aliphatic heterocycles. The van der Waals surface area contributed by atoms with Gasteiger partial charge in [0.05, 0.1) is 7.11 Å². The molecule has 0 fully saturated rings. The molecular weight excluding hydrogens is 218 g/mol. The van der Waals surface area contributed by atoms with Crippen molar-refractivity contribution in [2.75, 3.05) is 7.11 Å². The first-order valence-corrected chi connectivity index (χ1v) is 4.87. The number of halogens is 1. The number of hydrogen-bond acceptors (Lipinski definition) is 3. The molecular formula is C10H12ClNO3. The highest BCUT2D eigenvalue weighted by molar-refractivity contribution is 6.67. The van der Waals surface area contributed by atoms with Gasteiger partial charge in [-0.05, 0) is 36.6 Å². The lowest BCUT2D eigenvalue weighted by Gasteiger charge is -1.99. The van der Waals surface area contributed by atoms with Gasteiger partial charge in [0.2, 0.25) is 0 Å². The number of nitrogens with one attached hydrogen (secondary N) is 1. The fraction of sp³-hybridized carbons (Fsp3) is 0.400. The van der Waals surface area contributed by atoms with Gasteiger partial charge in [-0.3, -0.25) is 9.59 Å². The third kappa shape index (κ3) is 3.09. The summed E-state index contributed by atoms with van der Waals surface area (Å²) in [5.74, 6) is -0.304. The molecule has 1 aromatic heterocycles. The molecule has 0 saturated heterocycles. The van der Waals surface area contributed by atoms with Crippen LogP contribution >= 0.6 is 11.6 Å². The second-order valence-corrected chi connectivity index (χ2v) is 3.55. The lowest BCUT2D eigenvalue weighted by Crippen LogP contribution is -2.03. The summed E-state index contributed by atoms with van der Waals surface area (Å²) in [7, 11) is 1.33. The van der Waals surface area contributed by atoms with Crippen LogP contribution < -0.4 is 0 Å². The third-order valence-corrected chi connectivity index (χ3v) is 2.25. The molecule has 15 heavy (non-hydrogen) atoms. The summed E-state index contributed by atoms with van der Waals surface area (Å²) in [4.78, 5) is 24.8. The summed E-state index contributed by atoms with van der Waals surface area (Å²) in [6, 6.07) is 1.80. The maximum absolute atomic E-state index is 11.0. The van der Waals surface area contributed by atoms with Gasteiger partial charge in [0.1, 0.15) is 5.69 Å². The van der Waals surface area contributed by atoms with E-state index in [-0.39, 0.29) is 12.4 Å². The third-order valence-electron chi connectivity index (χ3n) is 2.06. The standard InChI is InChI=1S/C10H12ClNO3/c1-6-5-7(3-4-8(13)15-2)9(12-6)10(11)14/h5,12H,3-4H2,1-2H3. The van der Waals surface area contributed by atoms with Crippen LogP contribution in [-0.2, 0) is 16.0 Å². The van der Waals surface area contributed by atoms with Crippen molar-refractivity contribution in [2.45, 2.75) is 19.8 Å². The van der Waals surface area contributed by atoms with Gasteiger partial charge in [-0.2, -0.15) is 0 Å². The highest BCUT2D eigenvalue weighted by Crippen LogP contribution is 2.15. The van der Waals surface area contributed by atoms with Crippen LogP contribution in [0.4, 0.5) is 0 Å². The lowest BCUT2D eigenvalue weighted by atomic mass is 10.1. The van der Waals surface area contributed by atoms with Crippen LogP contribution in [-0.4, -0.2) is 23.3 Å². The molecule has 1 N–H and O–H groups in total. The molecule has 0 aliphatic carbocycles. The Labute approximate surface area is 92.6 Å². The first-order valence-electron chi connectivity index (χ1n) is 4.49. The highest BCUT2D eigenvalue weighted by atomic mass is 35.5. The van der Waals surface area contributed by atoms with E-state index in [1.165, 1.54) is 7.11 Å². The summed E-state index contributed by atoms with van der Waals surface area (Å²) in [5, 5.41) is -0.539. The molecule has 0 aromatic carbocycles. The summed E-state index contributed by atoms with van der Waals surface area (Å²) in [5.41, 5.74) is 1.95. The average Bonchev–Trinajstić information content (AvgIpc) is 2.56. The van der Waals surface area contributed by atoms with E-state index in [1.54, 1.807) is 6.07 Å². The smallest absolute Gasteiger partial charge is 0.305 e. The van der Waals surface area contributed by atoms with Crippen LogP contribution in [0.15, 0.2) is 6.07 Å². The van der Waals surface area contributed by atoms with Crippen LogP contribution in [0.1, 0.15) is 28.2 Å². The summed E-state index contributed by atoms with van der Waals surface area (Å²) >= 11 is 5.38. The first kappa shape index (κ1) is 11.8. The molecule has 0 amide bonds. The Morgan fingerprint density at radius 3 is 2.73 bits per heavy atom. The van der Waals surface area contributed by atoms with Crippen LogP contribution in [0, 0.1) is 6.92 Å². The number of carbonyl (C=O) groups excluding carboxylic acids is 2. The van der Waals surface area contributed by atoms with E-state index in [9.17, 15) is 9.59 Å². The number of ether oxygens (including phenoxy) is 1. The van der Waals surface area contributed by atoms with Crippen LogP contribution in [0.3, 0.4) is 0 Å². The minimum Gasteiger partial charge on any atom is -0.469 e. The van der Waals surface area contributed by atoms with Crippen molar-refractivity contribution in [1.82, 2.24) is 4.98 Å². The molecule has 82 valence electrons. The number of aromatic amines is 1. The van der Waals surface area contributed by atoms with E-state index < -0.39 is 5.24 Å². The van der Waals surface area contributed by atoms with E-state index >= 15 is 0 Å². The first-order chi connectivity index (χ1) is 7.04. The van der Waals surface area contributed by atoms with Crippen molar-refractivity contribution in [2.24, 2.45) is 0 Å². The largest absolute Gasteiger partial charge is 0.469 e. The zero-order chi connectivity index (χ0) is 11.4. The monoisotopic (exact) mass is 229 g/mol. The highest BCUT2D eigenvalue weighted by Gasteiger charge is 2.13. The molecule has 0 radical (unpaired) electrons. The fourth-order valence-electron chi connectivity index (χ4n) is 1.36. The predicted octanol–water partition coefficient (Wildman–Crippen LogP) is 1.81. The van der Waals surface area contributed by atoms with Crippen LogP contribution in [0.2, 0.25) is 0 Å². The Balaban J connectivity index is 2.75. The number of rotatable bonds is 4. The zero-order valence-electron chi connectivity index (χ0n) is 8.59. The Morgan fingerprint density at radius 2 is 2.20 bits per heavy atom. The Hall–Kier alpha value is -1.29. The van der Waals surface area contributed by atoms with Crippen molar-refractivity contribution in [3.05, 3.63) is 23.0 Å². The van der Waals surface area contributed by atoms with Crippen molar-refractivity contribution in [3.8, 4) is 0 Å². The Kier molecular flexibility index (Phi) is 3.91. The maximum atomic E-state index is 11.0. The summed E-state index contributed by atoms with van der Waals surface area (Å²) in [6.45, 7) is 1.82. The molecule has 5 heteroatoms. The number of esters is 1. The number of hydrogen-bond donors (Lipinski definition) is 1. The number of H-pyrrole nitrogens is 1. The van der Waals surface area contributed by atoms with Crippen LogP contribution in [0.5, 0.6) is 0 Å². The molecule has 0 unspecified atom stereocenters. The maximum Gasteiger partial charge on any atom is 0.305 e. The van der Waals surface area contributed by atoms with E-state index in [0.29, 0.717) is 12.1 Å². The predicted molar refractivity (Wildman–Crippen MR) is 56.1 cm³/mol. The van der Waals surface area contributed by atoms with Crippen molar-refractivity contribution in [3.63, 3.8) is 0 Å². The SMILES string of the molecule is COC(=O)CCc1cc(C)[nH]c1C(=O)Cl. The second-order valence-electron chi connectivity index (χ2n) is 3.20. The molecule has 1 rings (SSSR count). The van der Waals surface area contributed by atoms with Crippen molar-refractivity contribution < 1.29 is 14.3 Å². The molecule has 0 saturated carbocycles. The van der Waals surface area contributed by atoms with Gasteiger partial charge in [-0.25, -0.2) is 0 Å². The number of aromatic nitrogens is 1. The second kappa shape index (κ2) is 4.98. The molecule has 0 aliphatic rings. The number of carbonyl (C=O) groups is 2. The minimum atomic E-state index is -0.539. The number of methoxy groups -OCH3 is 1. The van der Waals surface area contributed by atoms with Gasteiger partial charge in [-0.1, -0.05) is 0 Å². The molecule has 1 heterocycles. The average molecular weight is 230 g/mol. The summed E-state index contributed by atoms with van der Waals surface area (Å²) in [6.07, 6.45) is 0.690. The lowest BCUT2D eigenvalue weighted by molar-refractivity contribution is -0.140. The van der Waals surface area contributed by atoms with Gasteiger partial charge in [0, 0.05) is 12.1 Å². The fourth-order valence-corrected chi connectivity index (χ4v) is 1.53. The number of aryl methyl sites for hydroxylation is 2. The van der Waals surface area contributed by atoms with E-state index in [2.05, 4.69) is 9.72 Å². The molecule has 0 atom stereocenters. The zero-order valence-corrected chi connectivity index (χ0v) is 9.35. The van der Waals surface area contributed by atoms with Gasteiger partial charge < -0.3 is 9.72 Å². The van der Waals surface area contributed by atoms with Gasteiger partial charge >= 0.3 is 5.97 Å². The quantitative estimate of drug-likeness (QED) is 0.633. The normalized spacial score (nSPS) is 10.1. The topological polar surface area (TPSA) is 59.2 Å². The van der Waals surface area contributed by atoms with Gasteiger partial charge in [-0.15, -0.1) is 0 Å². The minimum absolute atomic E-state index is 0.241. The van der Waals surface area contributed by atoms with Crippen molar-refractivity contribution in [1.29, 1.82) is 0 Å². The van der Waals surface area contributed by atoms with E-state index in [4.69, 9.17) is 11.6 Å². The van der Waals surface area contributed by atoms with Gasteiger partial charge in [0.25, 0.3) is 5.24 Å². The van der Waals surface area contributed by atoms with Crippen LogP contribution in [0.25, 0.3) is 0 Å². The van der Waals surface area contributed by atoms with Crippen molar-refractivity contribution >= 4 is 22.8 Å².